The first-order valence-electron chi connectivity index (χ1n) is 22.9. The number of rotatable bonds is 4. The van der Waals surface area contributed by atoms with Crippen LogP contribution < -0.4 is 0 Å². The molecule has 0 spiro atoms. The van der Waals surface area contributed by atoms with Crippen molar-refractivity contribution in [3.8, 4) is 44.5 Å². The minimum atomic E-state index is 0.156. The van der Waals surface area contributed by atoms with Gasteiger partial charge in [0.1, 0.15) is 0 Å². The maximum atomic E-state index is 6.42. The maximum absolute atomic E-state index is 6.42. The molecule has 0 radical (unpaired) electrons. The van der Waals surface area contributed by atoms with Gasteiger partial charge in [-0.15, -0.1) is 0 Å². The Labute approximate surface area is 390 Å². The van der Waals surface area contributed by atoms with E-state index >= 15 is 0 Å². The van der Waals surface area contributed by atoms with Crippen molar-refractivity contribution in [3.63, 3.8) is 0 Å². The molecule has 0 aliphatic heterocycles. The average Bonchev–Trinajstić information content (AvgIpc) is 4.08. The van der Waals surface area contributed by atoms with Gasteiger partial charge in [0.15, 0.2) is 0 Å². The van der Waals surface area contributed by atoms with Crippen LogP contribution in [0.2, 0.25) is 0 Å². The van der Waals surface area contributed by atoms with E-state index in [1.807, 2.05) is 12.1 Å². The van der Waals surface area contributed by atoms with Gasteiger partial charge >= 0.3 is 368 Å². The summed E-state index contributed by atoms with van der Waals surface area (Å²) < 4.78 is 15.7. The first-order valence-corrected chi connectivity index (χ1v) is 24.6. The molecule has 310 valence electrons. The van der Waals surface area contributed by atoms with Gasteiger partial charge in [-0.1, -0.05) is 18.2 Å². The predicted octanol–water partition coefficient (Wildman–Crippen LogP) is 18.1. The molecule has 0 saturated carbocycles. The molecule has 67 heavy (non-hydrogen) atoms. The van der Waals surface area contributed by atoms with Crippen LogP contribution in [0.1, 0.15) is 0 Å². The molecule has 0 aliphatic rings. The number of hydrogen-bond acceptors (Lipinski definition) is 2. The van der Waals surface area contributed by atoms with Crippen LogP contribution in [-0.2, 0) is 0 Å². The van der Waals surface area contributed by atoms with Gasteiger partial charge in [-0.05, 0) is 6.07 Å². The topological polar surface area (TPSA) is 26.3 Å². The Morgan fingerprint density at radius 3 is 1.07 bits per heavy atom. The quantitative estimate of drug-likeness (QED) is 0.130. The Morgan fingerprint density at radius 1 is 0.239 bits per heavy atom. The molecule has 3 heterocycles. The van der Waals surface area contributed by atoms with Gasteiger partial charge < -0.3 is 0 Å². The second kappa shape index (κ2) is 14.1. The molecule has 3 aromatic heterocycles. The number of benzene rings is 12. The molecule has 15 rings (SSSR count). The fourth-order valence-electron chi connectivity index (χ4n) is 11.5. The van der Waals surface area contributed by atoms with E-state index in [2.05, 4.69) is 206 Å². The van der Waals surface area contributed by atoms with E-state index in [1.165, 1.54) is 107 Å². The first kappa shape index (κ1) is 37.1. The van der Waals surface area contributed by atoms with Gasteiger partial charge in [-0.2, -0.15) is 0 Å². The van der Waals surface area contributed by atoms with E-state index in [1.54, 1.807) is 0 Å². The fraction of sp³-hybridized carbons (Fsp3) is 0. The van der Waals surface area contributed by atoms with E-state index in [0.29, 0.717) is 0 Å². The minimum absolute atomic E-state index is 0.156. The number of fused-ring (bicyclic) bond motifs is 13. The summed E-state index contributed by atoms with van der Waals surface area (Å²) in [6, 6.07) is 80.2. The molecule has 0 bridgehead atoms. The van der Waals surface area contributed by atoms with Gasteiger partial charge in [-0.3, -0.25) is 0 Å². The first-order chi connectivity index (χ1) is 33.2. The van der Waals surface area contributed by atoms with E-state index in [0.717, 1.165) is 43.9 Å². The summed E-state index contributed by atoms with van der Waals surface area (Å²) >= 11 is 0.156. The van der Waals surface area contributed by atoms with Gasteiger partial charge in [0.05, 0.1) is 0 Å². The summed E-state index contributed by atoms with van der Waals surface area (Å²) in [5, 5.41) is 17.3. The molecule has 2 nitrogen and oxygen atoms in total. The molecule has 3 heteroatoms. The van der Waals surface area contributed by atoms with E-state index < -0.39 is 0 Å². The molecular formula is C64H36O2Se. The molecule has 0 fully saturated rings. The standard InChI is InChI=1S/C64H36O2Se/c1-5-19-44-40(15-1)59(41-16-2-6-20-45(41)61(44)50-25-13-29-55-63(50)48-23-9-11-27-53(48)65-55)37-32-34-57-52(35-37)39-33-31-38(36-58(39)67-57)60-42-17-3-7-21-46(42)62(47-22-8-4-18-43(47)60)51-26-14-30-56-64(51)49-24-10-12-28-54(49)66-56/h1-36H. The Morgan fingerprint density at radius 2 is 0.612 bits per heavy atom. The van der Waals surface area contributed by atoms with E-state index in [9.17, 15) is 0 Å². The van der Waals surface area contributed by atoms with Gasteiger partial charge in [0.2, 0.25) is 0 Å². The van der Waals surface area contributed by atoms with Crippen molar-refractivity contribution >= 4 is 121 Å². The van der Waals surface area contributed by atoms with Crippen molar-refractivity contribution in [2.75, 3.05) is 0 Å². The molecule has 0 atom stereocenters. The van der Waals surface area contributed by atoms with Crippen LogP contribution >= 0.6 is 0 Å². The van der Waals surface area contributed by atoms with Crippen molar-refractivity contribution in [1.29, 1.82) is 0 Å². The van der Waals surface area contributed by atoms with Crippen molar-refractivity contribution < 1.29 is 8.83 Å². The van der Waals surface area contributed by atoms with Crippen LogP contribution in [0.4, 0.5) is 0 Å². The number of para-hydroxylation sites is 2. The van der Waals surface area contributed by atoms with Gasteiger partial charge in [-0.25, -0.2) is 0 Å². The van der Waals surface area contributed by atoms with Crippen molar-refractivity contribution in [2.45, 2.75) is 0 Å². The Bertz CT molecular complexity index is 4470. The molecular weight excluding hydrogens is 880 g/mol. The number of furan rings is 2. The summed E-state index contributed by atoms with van der Waals surface area (Å²) in [4.78, 5) is 0. The molecule has 0 N–H and O–H groups in total. The van der Waals surface area contributed by atoms with Crippen LogP contribution in [-0.4, -0.2) is 14.5 Å². The van der Waals surface area contributed by atoms with Gasteiger partial charge in [0, 0.05) is 0 Å². The summed E-state index contributed by atoms with van der Waals surface area (Å²) in [6.07, 6.45) is 0. The van der Waals surface area contributed by atoms with Crippen LogP contribution in [0.25, 0.3) is 151 Å². The summed E-state index contributed by atoms with van der Waals surface area (Å²) in [5.74, 6) is 0. The van der Waals surface area contributed by atoms with E-state index in [4.69, 9.17) is 8.83 Å². The molecule has 0 amide bonds. The Balaban J connectivity index is 0.925. The third kappa shape index (κ3) is 5.33. The van der Waals surface area contributed by atoms with Crippen molar-refractivity contribution in [3.05, 3.63) is 218 Å². The molecule has 15 aromatic rings. The zero-order valence-corrected chi connectivity index (χ0v) is 37.7. The summed E-state index contributed by atoms with van der Waals surface area (Å²) in [6.45, 7) is 0. The zero-order valence-electron chi connectivity index (χ0n) is 36.0. The summed E-state index contributed by atoms with van der Waals surface area (Å²) in [5.41, 5.74) is 13.6. The zero-order chi connectivity index (χ0) is 43.7. The molecule has 12 aromatic carbocycles. The molecule has 0 saturated heterocycles. The third-order valence-electron chi connectivity index (χ3n) is 14.3. The normalized spacial score (nSPS) is 12.2. The van der Waals surface area contributed by atoms with Crippen LogP contribution in [0.5, 0.6) is 0 Å². The summed E-state index contributed by atoms with van der Waals surface area (Å²) in [7, 11) is 0. The fourth-order valence-corrected chi connectivity index (χ4v) is 13.9. The SMILES string of the molecule is c1ccc2c(c1)oc1cccc(-c3c4ccccc4c(-c4ccc5c(c4)[se]c4ccc(-c6c7ccccc7c(-c7cccc8oc9ccccc9c78)c7ccccc67)cc45)c4ccccc34)c12. The molecule has 0 unspecified atom stereocenters. The average molecular weight is 916 g/mol. The van der Waals surface area contributed by atoms with E-state index in [-0.39, 0.29) is 14.5 Å². The van der Waals surface area contributed by atoms with Gasteiger partial charge in [0.25, 0.3) is 0 Å². The van der Waals surface area contributed by atoms with Crippen LogP contribution in [0.3, 0.4) is 0 Å². The number of hydrogen-bond donors (Lipinski definition) is 0. The Hall–Kier alpha value is -8.20. The van der Waals surface area contributed by atoms with Crippen molar-refractivity contribution in [1.82, 2.24) is 0 Å². The van der Waals surface area contributed by atoms with Crippen LogP contribution in [0, 0.1) is 0 Å². The van der Waals surface area contributed by atoms with Crippen LogP contribution in [0.15, 0.2) is 227 Å². The second-order valence-electron chi connectivity index (χ2n) is 17.8. The third-order valence-corrected chi connectivity index (χ3v) is 16.6. The van der Waals surface area contributed by atoms with Crippen molar-refractivity contribution in [2.24, 2.45) is 0 Å². The second-order valence-corrected chi connectivity index (χ2v) is 20.0. The Kier molecular flexibility index (Phi) is 7.83. The predicted molar refractivity (Wildman–Crippen MR) is 285 cm³/mol. The molecule has 0 aliphatic carbocycles. The monoisotopic (exact) mass is 916 g/mol.